The fraction of sp³-hybridized carbons (Fsp3) is 0.941. The number of carbonyl (C=O) groups is 1. The Morgan fingerprint density at radius 3 is 2.60 bits per heavy atom. The number of carbonyl (C=O) groups excluding carboxylic acids is 1. The van der Waals surface area contributed by atoms with Crippen LogP contribution < -0.4 is 5.73 Å². The highest BCUT2D eigenvalue weighted by molar-refractivity contribution is 5.79. The van der Waals surface area contributed by atoms with Crippen LogP contribution in [0.5, 0.6) is 0 Å². The third-order valence-corrected chi connectivity index (χ3v) is 6.16. The Morgan fingerprint density at radius 2 is 1.95 bits per heavy atom. The van der Waals surface area contributed by atoms with Gasteiger partial charge in [0.25, 0.3) is 0 Å². The van der Waals surface area contributed by atoms with E-state index in [4.69, 9.17) is 5.73 Å². The summed E-state index contributed by atoms with van der Waals surface area (Å²) in [5.74, 6) is 2.79. The molecule has 2 aliphatic carbocycles. The highest BCUT2D eigenvalue weighted by Gasteiger charge is 2.43. The second-order valence-electron chi connectivity index (χ2n) is 7.40. The van der Waals surface area contributed by atoms with Crippen LogP contribution in [-0.2, 0) is 4.79 Å². The molecule has 1 saturated heterocycles. The van der Waals surface area contributed by atoms with E-state index in [1.54, 1.807) is 0 Å². The molecule has 0 aromatic carbocycles. The first-order chi connectivity index (χ1) is 9.69. The Morgan fingerprint density at radius 1 is 1.20 bits per heavy atom. The van der Waals surface area contributed by atoms with E-state index in [1.165, 1.54) is 32.1 Å². The molecule has 4 atom stereocenters. The molecular weight excluding hydrogens is 248 g/mol. The molecule has 1 aliphatic heterocycles. The Kier molecular flexibility index (Phi) is 4.34. The fourth-order valence-electron chi connectivity index (χ4n) is 4.84. The highest BCUT2D eigenvalue weighted by atomic mass is 16.2. The molecule has 2 N–H and O–H groups in total. The van der Waals surface area contributed by atoms with Crippen LogP contribution in [0, 0.1) is 23.7 Å². The molecule has 1 amide bonds. The number of fused-ring (bicyclic) bond motifs is 1. The van der Waals surface area contributed by atoms with Crippen molar-refractivity contribution in [2.75, 3.05) is 13.1 Å². The number of likely N-dealkylation sites (tertiary alicyclic amines) is 1. The van der Waals surface area contributed by atoms with Gasteiger partial charge in [-0.05, 0) is 43.4 Å². The first-order valence-corrected chi connectivity index (χ1v) is 8.73. The van der Waals surface area contributed by atoms with E-state index in [9.17, 15) is 4.79 Å². The fourth-order valence-corrected chi connectivity index (χ4v) is 4.84. The Balaban J connectivity index is 1.57. The molecule has 0 aromatic rings. The van der Waals surface area contributed by atoms with Gasteiger partial charge in [0.15, 0.2) is 0 Å². The van der Waals surface area contributed by atoms with E-state index >= 15 is 0 Å². The van der Waals surface area contributed by atoms with E-state index in [-0.39, 0.29) is 5.92 Å². The topological polar surface area (TPSA) is 46.3 Å². The summed E-state index contributed by atoms with van der Waals surface area (Å²) in [5, 5.41) is 0. The molecule has 114 valence electrons. The first kappa shape index (κ1) is 14.4. The standard InChI is InChI=1S/C17H30N2O/c1-2-13(9-12-5-3-4-6-12)17(20)19-10-14-7-8-16(18)15(14)11-19/h12-16H,2-11,18H2,1H3. The summed E-state index contributed by atoms with van der Waals surface area (Å²) >= 11 is 0. The van der Waals surface area contributed by atoms with Gasteiger partial charge in [-0.3, -0.25) is 4.79 Å². The molecule has 4 unspecified atom stereocenters. The van der Waals surface area contributed by atoms with Crippen LogP contribution >= 0.6 is 0 Å². The summed E-state index contributed by atoms with van der Waals surface area (Å²) in [7, 11) is 0. The molecule has 20 heavy (non-hydrogen) atoms. The summed E-state index contributed by atoms with van der Waals surface area (Å²) < 4.78 is 0. The van der Waals surface area contributed by atoms with Gasteiger partial charge < -0.3 is 10.6 Å². The van der Waals surface area contributed by atoms with Crippen LogP contribution in [0.1, 0.15) is 58.3 Å². The van der Waals surface area contributed by atoms with Gasteiger partial charge in [-0.15, -0.1) is 0 Å². The minimum atomic E-state index is 0.271. The molecule has 2 saturated carbocycles. The predicted octanol–water partition coefficient (Wildman–Crippen LogP) is 2.79. The molecule has 3 rings (SSSR count). The molecule has 0 bridgehead atoms. The van der Waals surface area contributed by atoms with Gasteiger partial charge in [0.2, 0.25) is 5.91 Å². The highest BCUT2D eigenvalue weighted by Crippen LogP contribution is 2.39. The van der Waals surface area contributed by atoms with Crippen LogP contribution in [0.2, 0.25) is 0 Å². The zero-order chi connectivity index (χ0) is 14.1. The van der Waals surface area contributed by atoms with Crippen molar-refractivity contribution in [2.45, 2.75) is 64.3 Å². The molecule has 3 heteroatoms. The SMILES string of the molecule is CCC(CC1CCCC1)C(=O)N1CC2CCC(N)C2C1. The van der Waals surface area contributed by atoms with Gasteiger partial charge >= 0.3 is 0 Å². The largest absolute Gasteiger partial charge is 0.342 e. The molecule has 3 fully saturated rings. The Labute approximate surface area is 123 Å². The summed E-state index contributed by atoms with van der Waals surface area (Å²) in [6.45, 7) is 4.10. The maximum Gasteiger partial charge on any atom is 0.225 e. The number of hydrogen-bond acceptors (Lipinski definition) is 2. The summed E-state index contributed by atoms with van der Waals surface area (Å²) in [6.07, 6.45) is 9.97. The lowest BCUT2D eigenvalue weighted by Crippen LogP contribution is -2.37. The van der Waals surface area contributed by atoms with E-state index in [2.05, 4.69) is 11.8 Å². The van der Waals surface area contributed by atoms with Crippen LogP contribution in [0.15, 0.2) is 0 Å². The lowest BCUT2D eigenvalue weighted by molar-refractivity contribution is -0.135. The number of nitrogens with two attached hydrogens (primary N) is 1. The van der Waals surface area contributed by atoms with Crippen molar-refractivity contribution in [1.29, 1.82) is 0 Å². The smallest absolute Gasteiger partial charge is 0.225 e. The molecule has 1 heterocycles. The van der Waals surface area contributed by atoms with Gasteiger partial charge in [-0.2, -0.15) is 0 Å². The summed E-state index contributed by atoms with van der Waals surface area (Å²) in [4.78, 5) is 14.9. The van der Waals surface area contributed by atoms with E-state index < -0.39 is 0 Å². The molecule has 0 spiro atoms. The van der Waals surface area contributed by atoms with Gasteiger partial charge in [-0.25, -0.2) is 0 Å². The van der Waals surface area contributed by atoms with Crippen molar-refractivity contribution < 1.29 is 4.79 Å². The Bertz CT molecular complexity index is 345. The zero-order valence-electron chi connectivity index (χ0n) is 12.9. The molecule has 3 aliphatic rings. The van der Waals surface area contributed by atoms with Crippen molar-refractivity contribution >= 4 is 5.91 Å². The summed E-state index contributed by atoms with van der Waals surface area (Å²) in [6, 6.07) is 0.340. The van der Waals surface area contributed by atoms with Crippen molar-refractivity contribution in [2.24, 2.45) is 29.4 Å². The minimum absolute atomic E-state index is 0.271. The molecule has 0 radical (unpaired) electrons. The second-order valence-corrected chi connectivity index (χ2v) is 7.40. The van der Waals surface area contributed by atoms with E-state index in [1.807, 2.05) is 0 Å². The van der Waals surface area contributed by atoms with E-state index in [0.717, 1.165) is 38.3 Å². The van der Waals surface area contributed by atoms with Crippen molar-refractivity contribution in [3.8, 4) is 0 Å². The van der Waals surface area contributed by atoms with Crippen LogP contribution in [0.3, 0.4) is 0 Å². The summed E-state index contributed by atoms with van der Waals surface area (Å²) in [5.41, 5.74) is 6.18. The average Bonchev–Trinajstić information content (AvgIpc) is 3.14. The zero-order valence-corrected chi connectivity index (χ0v) is 12.9. The maximum absolute atomic E-state index is 12.8. The lowest BCUT2D eigenvalue weighted by Gasteiger charge is -2.25. The number of amides is 1. The number of hydrogen-bond donors (Lipinski definition) is 1. The van der Waals surface area contributed by atoms with Crippen molar-refractivity contribution in [3.05, 3.63) is 0 Å². The van der Waals surface area contributed by atoms with Gasteiger partial charge in [-0.1, -0.05) is 32.6 Å². The molecule has 0 aromatic heterocycles. The maximum atomic E-state index is 12.8. The first-order valence-electron chi connectivity index (χ1n) is 8.73. The second kappa shape index (κ2) is 6.05. The van der Waals surface area contributed by atoms with Crippen LogP contribution in [-0.4, -0.2) is 29.9 Å². The van der Waals surface area contributed by atoms with Gasteiger partial charge in [0, 0.05) is 25.0 Å². The lowest BCUT2D eigenvalue weighted by atomic mass is 9.90. The minimum Gasteiger partial charge on any atom is -0.342 e. The van der Waals surface area contributed by atoms with Crippen LogP contribution in [0.4, 0.5) is 0 Å². The predicted molar refractivity (Wildman–Crippen MR) is 81.1 cm³/mol. The Hall–Kier alpha value is -0.570. The third-order valence-electron chi connectivity index (χ3n) is 6.16. The average molecular weight is 278 g/mol. The number of rotatable bonds is 4. The third kappa shape index (κ3) is 2.74. The van der Waals surface area contributed by atoms with Gasteiger partial charge in [0.05, 0.1) is 0 Å². The van der Waals surface area contributed by atoms with Crippen LogP contribution in [0.25, 0.3) is 0 Å². The van der Waals surface area contributed by atoms with Crippen molar-refractivity contribution in [3.63, 3.8) is 0 Å². The monoisotopic (exact) mass is 278 g/mol. The van der Waals surface area contributed by atoms with Crippen molar-refractivity contribution in [1.82, 2.24) is 4.90 Å². The quantitative estimate of drug-likeness (QED) is 0.859. The van der Waals surface area contributed by atoms with E-state index in [0.29, 0.717) is 23.8 Å². The van der Waals surface area contributed by atoms with Gasteiger partial charge in [0.1, 0.15) is 0 Å². The molecule has 3 nitrogen and oxygen atoms in total. The normalized spacial score (nSPS) is 35.5. The number of nitrogens with zero attached hydrogens (tertiary/aromatic N) is 1. The molecular formula is C17H30N2O.